The summed E-state index contributed by atoms with van der Waals surface area (Å²) >= 11 is 0. The second-order valence-corrected chi connectivity index (χ2v) is 1.58. The lowest BCUT2D eigenvalue weighted by atomic mass is 9.97. The van der Waals surface area contributed by atoms with Crippen molar-refractivity contribution in [2.24, 2.45) is 0 Å². The molecule has 0 aromatic rings. The molecule has 1 saturated carbocycles. The van der Waals surface area contributed by atoms with E-state index in [0.29, 0.717) is 0 Å². The Kier molecular flexibility index (Phi) is 2.53. The van der Waals surface area contributed by atoms with Crippen LogP contribution < -0.4 is 0 Å². The maximum absolute atomic E-state index is 8.45. The van der Waals surface area contributed by atoms with Crippen molar-refractivity contribution in [2.75, 3.05) is 0 Å². The molecule has 1 N–H and O–H groups in total. The first-order valence-electron chi connectivity index (χ1n) is 2.07. The molecule has 0 aromatic carbocycles. The highest BCUT2D eigenvalue weighted by molar-refractivity contribution is 5.85. The molecule has 0 atom stereocenters. The highest BCUT2D eigenvalue weighted by atomic mass is 35.5. The van der Waals surface area contributed by atoms with Gasteiger partial charge in [-0.2, -0.15) is 0 Å². The second kappa shape index (κ2) is 2.43. The standard InChI is InChI=1S/C4H8O.ClH/c5-4-2-1-3-4;/h4-5H,1-3H2;1H. The normalized spacial score (nSPS) is 21.5. The number of aliphatic hydroxyl groups excluding tert-OH is 1. The van der Waals surface area contributed by atoms with Gasteiger partial charge in [0, 0.05) is 0 Å². The van der Waals surface area contributed by atoms with Gasteiger partial charge < -0.3 is 5.11 Å². The topological polar surface area (TPSA) is 20.2 Å². The number of rotatable bonds is 0. The van der Waals surface area contributed by atoms with Crippen LogP contribution in [0.15, 0.2) is 0 Å². The van der Waals surface area contributed by atoms with Gasteiger partial charge in [0.2, 0.25) is 0 Å². The minimum absolute atomic E-state index is 0. The zero-order valence-corrected chi connectivity index (χ0v) is 4.37. The molecule has 0 spiro atoms. The summed E-state index contributed by atoms with van der Waals surface area (Å²) in [5.74, 6) is 0. The van der Waals surface area contributed by atoms with Crippen molar-refractivity contribution in [3.63, 3.8) is 0 Å². The molecule has 6 heavy (non-hydrogen) atoms. The van der Waals surface area contributed by atoms with Crippen LogP contribution in [0.1, 0.15) is 19.3 Å². The molecule has 0 aromatic heterocycles. The van der Waals surface area contributed by atoms with E-state index in [1.54, 1.807) is 0 Å². The Bertz CT molecular complexity index is 34.5. The van der Waals surface area contributed by atoms with Crippen LogP contribution in [-0.4, -0.2) is 11.2 Å². The van der Waals surface area contributed by atoms with Crippen LogP contribution in [0.2, 0.25) is 0 Å². The van der Waals surface area contributed by atoms with Crippen molar-refractivity contribution in [1.82, 2.24) is 0 Å². The van der Waals surface area contributed by atoms with Gasteiger partial charge in [-0.15, -0.1) is 12.4 Å². The third-order valence-corrected chi connectivity index (χ3v) is 1.07. The molecule has 0 bridgehead atoms. The lowest BCUT2D eigenvalue weighted by Gasteiger charge is -2.17. The van der Waals surface area contributed by atoms with Crippen molar-refractivity contribution in [3.8, 4) is 0 Å². The molecular weight excluding hydrogens is 99.5 g/mol. The third-order valence-electron chi connectivity index (χ3n) is 1.07. The first-order chi connectivity index (χ1) is 2.39. The Morgan fingerprint density at radius 1 is 1.33 bits per heavy atom. The largest absolute Gasteiger partial charge is 0.393 e. The van der Waals surface area contributed by atoms with Gasteiger partial charge in [-0.25, -0.2) is 0 Å². The summed E-state index contributed by atoms with van der Waals surface area (Å²) in [5, 5.41) is 8.45. The van der Waals surface area contributed by atoms with Crippen LogP contribution in [0.4, 0.5) is 0 Å². The van der Waals surface area contributed by atoms with E-state index in [2.05, 4.69) is 0 Å². The molecular formula is C4H9ClO. The Morgan fingerprint density at radius 2 is 1.67 bits per heavy atom. The molecule has 0 aliphatic heterocycles. The summed E-state index contributed by atoms with van der Waals surface area (Å²) in [6, 6.07) is 0. The third kappa shape index (κ3) is 1.15. The average Bonchev–Trinajstić information content (AvgIpc) is 1.30. The molecule has 1 rings (SSSR count). The molecule has 1 aliphatic rings. The van der Waals surface area contributed by atoms with Crippen molar-refractivity contribution >= 4 is 12.4 Å². The fraction of sp³-hybridized carbons (Fsp3) is 1.00. The summed E-state index contributed by atoms with van der Waals surface area (Å²) < 4.78 is 0. The summed E-state index contributed by atoms with van der Waals surface area (Å²) in [6.45, 7) is 0. The lowest BCUT2D eigenvalue weighted by molar-refractivity contribution is 0.0950. The Labute approximate surface area is 43.8 Å². The minimum atomic E-state index is 0. The predicted octanol–water partition coefficient (Wildman–Crippen LogP) is 0.953. The van der Waals surface area contributed by atoms with Gasteiger partial charge in [0.25, 0.3) is 0 Å². The van der Waals surface area contributed by atoms with E-state index >= 15 is 0 Å². The molecule has 0 heterocycles. The van der Waals surface area contributed by atoms with Crippen molar-refractivity contribution in [2.45, 2.75) is 25.4 Å². The maximum atomic E-state index is 8.45. The predicted molar refractivity (Wildman–Crippen MR) is 27.1 cm³/mol. The molecule has 1 aliphatic carbocycles. The average molecular weight is 109 g/mol. The zero-order valence-electron chi connectivity index (χ0n) is 3.55. The number of aliphatic hydroxyl groups is 1. The van der Waals surface area contributed by atoms with Gasteiger partial charge in [-0.3, -0.25) is 0 Å². The molecule has 1 fully saturated rings. The van der Waals surface area contributed by atoms with Crippen molar-refractivity contribution in [3.05, 3.63) is 0 Å². The first-order valence-corrected chi connectivity index (χ1v) is 2.07. The molecule has 0 radical (unpaired) electrons. The first kappa shape index (κ1) is 6.25. The van der Waals surface area contributed by atoms with Crippen LogP contribution in [0.5, 0.6) is 0 Å². The number of hydrogen-bond acceptors (Lipinski definition) is 1. The van der Waals surface area contributed by atoms with Gasteiger partial charge in [-0.1, -0.05) is 0 Å². The fourth-order valence-corrected chi connectivity index (χ4v) is 0.387. The SMILES string of the molecule is Cl.OC1CCC1. The summed E-state index contributed by atoms with van der Waals surface area (Å²) in [7, 11) is 0. The minimum Gasteiger partial charge on any atom is -0.393 e. The van der Waals surface area contributed by atoms with E-state index in [0.717, 1.165) is 12.8 Å². The van der Waals surface area contributed by atoms with Crippen LogP contribution in [0.3, 0.4) is 0 Å². The van der Waals surface area contributed by atoms with Gasteiger partial charge in [-0.05, 0) is 19.3 Å². The molecule has 1 nitrogen and oxygen atoms in total. The van der Waals surface area contributed by atoms with Crippen LogP contribution >= 0.6 is 12.4 Å². The summed E-state index contributed by atoms with van der Waals surface area (Å²) in [5.41, 5.74) is 0. The Morgan fingerprint density at radius 3 is 1.67 bits per heavy atom. The van der Waals surface area contributed by atoms with E-state index in [9.17, 15) is 0 Å². The summed E-state index contributed by atoms with van der Waals surface area (Å²) in [6.07, 6.45) is 3.39. The number of hydrogen-bond donors (Lipinski definition) is 1. The van der Waals surface area contributed by atoms with Gasteiger partial charge in [0.15, 0.2) is 0 Å². The van der Waals surface area contributed by atoms with Crippen molar-refractivity contribution in [1.29, 1.82) is 0 Å². The zero-order chi connectivity index (χ0) is 3.70. The van der Waals surface area contributed by atoms with E-state index in [1.807, 2.05) is 0 Å². The molecule has 0 saturated heterocycles. The van der Waals surface area contributed by atoms with Gasteiger partial charge >= 0.3 is 0 Å². The van der Waals surface area contributed by atoms with Crippen LogP contribution in [0.25, 0.3) is 0 Å². The fourth-order valence-electron chi connectivity index (χ4n) is 0.387. The summed E-state index contributed by atoms with van der Waals surface area (Å²) in [4.78, 5) is 0. The highest BCUT2D eigenvalue weighted by Gasteiger charge is 2.11. The van der Waals surface area contributed by atoms with Gasteiger partial charge in [0.05, 0.1) is 6.10 Å². The maximum Gasteiger partial charge on any atom is 0.0540 e. The quantitative estimate of drug-likeness (QED) is 0.490. The van der Waals surface area contributed by atoms with E-state index < -0.39 is 0 Å². The van der Waals surface area contributed by atoms with Gasteiger partial charge in [0.1, 0.15) is 0 Å². The molecule has 0 unspecified atom stereocenters. The molecule has 38 valence electrons. The van der Waals surface area contributed by atoms with Crippen molar-refractivity contribution < 1.29 is 5.11 Å². The van der Waals surface area contributed by atoms with Crippen LogP contribution in [0, 0.1) is 0 Å². The second-order valence-electron chi connectivity index (χ2n) is 1.58. The lowest BCUT2D eigenvalue weighted by Crippen LogP contribution is -2.15. The number of halogens is 1. The van der Waals surface area contributed by atoms with E-state index in [-0.39, 0.29) is 18.5 Å². The van der Waals surface area contributed by atoms with Crippen LogP contribution in [-0.2, 0) is 0 Å². The monoisotopic (exact) mass is 108 g/mol. The van der Waals surface area contributed by atoms with E-state index in [1.165, 1.54) is 6.42 Å². The molecule has 2 heteroatoms. The highest BCUT2D eigenvalue weighted by Crippen LogP contribution is 2.16. The Balaban J connectivity index is 0.000000250. The smallest absolute Gasteiger partial charge is 0.0540 e. The van der Waals surface area contributed by atoms with E-state index in [4.69, 9.17) is 5.11 Å². The molecule has 0 amide bonds. The Hall–Kier alpha value is 0.250.